The molecule has 0 radical (unpaired) electrons. The highest BCUT2D eigenvalue weighted by atomic mass is 16.4. The Bertz CT molecular complexity index is 724. The number of nitrogens with one attached hydrogen (secondary N) is 1. The predicted molar refractivity (Wildman–Crippen MR) is 93.8 cm³/mol. The molecule has 4 nitrogen and oxygen atoms in total. The van der Waals surface area contributed by atoms with Gasteiger partial charge in [0, 0.05) is 6.42 Å². The highest BCUT2D eigenvalue weighted by Gasteiger charge is 2.19. The van der Waals surface area contributed by atoms with Crippen LogP contribution in [0.1, 0.15) is 41.1 Å². The number of aryl methyl sites for hydroxylation is 3. The van der Waals surface area contributed by atoms with Gasteiger partial charge in [0.15, 0.2) is 0 Å². The van der Waals surface area contributed by atoms with E-state index in [1.54, 1.807) is 0 Å². The van der Waals surface area contributed by atoms with Gasteiger partial charge in [0.25, 0.3) is 0 Å². The molecular formula is C20H23NO3. The van der Waals surface area contributed by atoms with Gasteiger partial charge in [-0.1, -0.05) is 54.1 Å². The standard InChI is InChI=1S/C20H23NO3/c1-14-6-5-8-16(12-14)10-11-19(22)21-18(13-20(23)24)17-9-4-3-7-15(17)2/h3-9,12,18H,10-11,13H2,1-2H3,(H,21,22)(H,23,24). The van der Waals surface area contributed by atoms with Crippen molar-refractivity contribution in [1.82, 2.24) is 5.32 Å². The van der Waals surface area contributed by atoms with Crippen LogP contribution < -0.4 is 5.32 Å². The molecule has 0 aromatic heterocycles. The minimum Gasteiger partial charge on any atom is -0.481 e. The van der Waals surface area contributed by atoms with E-state index in [0.29, 0.717) is 12.8 Å². The second-order valence-electron chi connectivity index (χ2n) is 6.06. The Morgan fingerprint density at radius 1 is 1.08 bits per heavy atom. The second-order valence-corrected chi connectivity index (χ2v) is 6.06. The van der Waals surface area contributed by atoms with Crippen LogP contribution in [0.25, 0.3) is 0 Å². The molecule has 4 heteroatoms. The smallest absolute Gasteiger partial charge is 0.305 e. The van der Waals surface area contributed by atoms with E-state index in [1.807, 2.05) is 56.3 Å². The normalized spacial score (nSPS) is 11.8. The Hall–Kier alpha value is -2.62. The van der Waals surface area contributed by atoms with E-state index >= 15 is 0 Å². The van der Waals surface area contributed by atoms with Crippen molar-refractivity contribution >= 4 is 11.9 Å². The van der Waals surface area contributed by atoms with Crippen molar-refractivity contribution in [3.05, 3.63) is 70.8 Å². The van der Waals surface area contributed by atoms with Crippen LogP contribution in [-0.4, -0.2) is 17.0 Å². The first-order valence-corrected chi connectivity index (χ1v) is 8.08. The Balaban J connectivity index is 2.02. The van der Waals surface area contributed by atoms with E-state index < -0.39 is 12.0 Å². The highest BCUT2D eigenvalue weighted by Crippen LogP contribution is 2.21. The van der Waals surface area contributed by atoms with Gasteiger partial charge in [-0.15, -0.1) is 0 Å². The van der Waals surface area contributed by atoms with Crippen molar-refractivity contribution in [2.75, 3.05) is 0 Å². The van der Waals surface area contributed by atoms with Crippen LogP contribution in [0.2, 0.25) is 0 Å². The van der Waals surface area contributed by atoms with Crippen LogP contribution >= 0.6 is 0 Å². The maximum absolute atomic E-state index is 12.3. The molecule has 1 amide bonds. The van der Waals surface area contributed by atoms with Crippen LogP contribution in [-0.2, 0) is 16.0 Å². The Morgan fingerprint density at radius 2 is 1.83 bits per heavy atom. The summed E-state index contributed by atoms with van der Waals surface area (Å²) in [5.41, 5.74) is 4.10. The summed E-state index contributed by atoms with van der Waals surface area (Å²) in [7, 11) is 0. The van der Waals surface area contributed by atoms with Crippen LogP contribution in [0, 0.1) is 13.8 Å². The van der Waals surface area contributed by atoms with E-state index in [0.717, 1.165) is 22.3 Å². The van der Waals surface area contributed by atoms with Crippen molar-refractivity contribution in [1.29, 1.82) is 0 Å². The third-order valence-electron chi connectivity index (χ3n) is 4.00. The molecule has 1 atom stereocenters. The van der Waals surface area contributed by atoms with Gasteiger partial charge in [-0.2, -0.15) is 0 Å². The number of carboxylic acids is 1. The molecule has 126 valence electrons. The molecule has 0 saturated carbocycles. The minimum atomic E-state index is -0.928. The molecule has 24 heavy (non-hydrogen) atoms. The van der Waals surface area contributed by atoms with Gasteiger partial charge in [0.05, 0.1) is 12.5 Å². The summed E-state index contributed by atoms with van der Waals surface area (Å²) >= 11 is 0. The van der Waals surface area contributed by atoms with Gasteiger partial charge in [0.1, 0.15) is 0 Å². The number of benzene rings is 2. The molecule has 2 aromatic carbocycles. The first kappa shape index (κ1) is 17.7. The molecule has 2 N–H and O–H groups in total. The number of carbonyl (C=O) groups excluding carboxylic acids is 1. The van der Waals surface area contributed by atoms with E-state index in [2.05, 4.69) is 11.4 Å². The molecule has 0 fully saturated rings. The summed E-state index contributed by atoms with van der Waals surface area (Å²) in [6.45, 7) is 3.94. The van der Waals surface area contributed by atoms with Crippen LogP contribution in [0.4, 0.5) is 0 Å². The molecule has 0 aliphatic heterocycles. The Labute approximate surface area is 142 Å². The molecule has 1 unspecified atom stereocenters. The number of aliphatic carboxylic acids is 1. The second kappa shape index (κ2) is 8.29. The van der Waals surface area contributed by atoms with Crippen molar-refractivity contribution in [3.63, 3.8) is 0 Å². The van der Waals surface area contributed by atoms with Gasteiger partial charge in [0.2, 0.25) is 5.91 Å². The number of hydrogen-bond donors (Lipinski definition) is 2. The molecule has 0 aliphatic rings. The molecule has 2 aromatic rings. The maximum atomic E-state index is 12.3. The molecule has 0 heterocycles. The van der Waals surface area contributed by atoms with Crippen LogP contribution in [0.15, 0.2) is 48.5 Å². The van der Waals surface area contributed by atoms with E-state index in [1.165, 1.54) is 0 Å². The zero-order valence-corrected chi connectivity index (χ0v) is 14.1. The van der Waals surface area contributed by atoms with Gasteiger partial charge in [-0.05, 0) is 37.0 Å². The number of amides is 1. The first-order valence-electron chi connectivity index (χ1n) is 8.08. The fourth-order valence-corrected chi connectivity index (χ4v) is 2.78. The lowest BCUT2D eigenvalue weighted by Gasteiger charge is -2.19. The third kappa shape index (κ3) is 5.23. The Kier molecular flexibility index (Phi) is 6.13. The molecule has 0 spiro atoms. The topological polar surface area (TPSA) is 66.4 Å². The number of carboxylic acid groups (broad SMARTS) is 1. The van der Waals surface area contributed by atoms with Gasteiger partial charge >= 0.3 is 5.97 Å². The molecule has 2 rings (SSSR count). The summed E-state index contributed by atoms with van der Waals surface area (Å²) < 4.78 is 0. The lowest BCUT2D eigenvalue weighted by molar-refractivity contribution is -0.137. The zero-order valence-electron chi connectivity index (χ0n) is 14.1. The summed E-state index contributed by atoms with van der Waals surface area (Å²) in [5.74, 6) is -1.06. The first-order chi connectivity index (χ1) is 11.5. The van der Waals surface area contributed by atoms with Gasteiger partial charge in [-0.3, -0.25) is 9.59 Å². The fourth-order valence-electron chi connectivity index (χ4n) is 2.78. The predicted octanol–water partition coefficient (Wildman–Crippen LogP) is 3.57. The van der Waals surface area contributed by atoms with Crippen LogP contribution in [0.5, 0.6) is 0 Å². The number of rotatable bonds is 7. The van der Waals surface area contributed by atoms with E-state index in [4.69, 9.17) is 5.11 Å². The summed E-state index contributed by atoms with van der Waals surface area (Å²) in [5, 5.41) is 12.0. The molecular weight excluding hydrogens is 302 g/mol. The monoisotopic (exact) mass is 325 g/mol. The van der Waals surface area contributed by atoms with Crippen molar-refractivity contribution < 1.29 is 14.7 Å². The molecule has 0 saturated heterocycles. The molecule has 0 aliphatic carbocycles. The van der Waals surface area contributed by atoms with Gasteiger partial charge < -0.3 is 10.4 Å². The molecule has 0 bridgehead atoms. The lowest BCUT2D eigenvalue weighted by Crippen LogP contribution is -2.30. The highest BCUT2D eigenvalue weighted by molar-refractivity contribution is 5.78. The quantitative estimate of drug-likeness (QED) is 0.818. The summed E-state index contributed by atoms with van der Waals surface area (Å²) in [6, 6.07) is 15.1. The van der Waals surface area contributed by atoms with Gasteiger partial charge in [-0.25, -0.2) is 0 Å². The third-order valence-corrected chi connectivity index (χ3v) is 4.00. The van der Waals surface area contributed by atoms with Crippen LogP contribution in [0.3, 0.4) is 0 Å². The summed E-state index contributed by atoms with van der Waals surface area (Å²) in [6.07, 6.45) is 0.855. The zero-order chi connectivity index (χ0) is 17.5. The summed E-state index contributed by atoms with van der Waals surface area (Å²) in [4.78, 5) is 23.4. The van der Waals surface area contributed by atoms with Crippen molar-refractivity contribution in [3.8, 4) is 0 Å². The average Bonchev–Trinajstić information content (AvgIpc) is 2.52. The number of carbonyl (C=O) groups is 2. The van der Waals surface area contributed by atoms with Crippen molar-refractivity contribution in [2.45, 2.75) is 39.2 Å². The van der Waals surface area contributed by atoms with E-state index in [-0.39, 0.29) is 12.3 Å². The SMILES string of the molecule is Cc1cccc(CCC(=O)NC(CC(=O)O)c2ccccc2C)c1. The fraction of sp³-hybridized carbons (Fsp3) is 0.300. The van der Waals surface area contributed by atoms with E-state index in [9.17, 15) is 9.59 Å². The lowest BCUT2D eigenvalue weighted by atomic mass is 9.98. The Morgan fingerprint density at radius 3 is 2.50 bits per heavy atom. The minimum absolute atomic E-state index is 0.124. The van der Waals surface area contributed by atoms with Crippen molar-refractivity contribution in [2.24, 2.45) is 0 Å². The maximum Gasteiger partial charge on any atom is 0.305 e. The number of hydrogen-bond acceptors (Lipinski definition) is 2. The largest absolute Gasteiger partial charge is 0.481 e. The average molecular weight is 325 g/mol.